The Labute approximate surface area is 175 Å². The van der Waals surface area contributed by atoms with Gasteiger partial charge in [-0.2, -0.15) is 5.26 Å². The van der Waals surface area contributed by atoms with Crippen LogP contribution in [0.5, 0.6) is 0 Å². The predicted molar refractivity (Wildman–Crippen MR) is 111 cm³/mol. The van der Waals surface area contributed by atoms with Gasteiger partial charge in [0.2, 0.25) is 0 Å². The fraction of sp³-hybridized carbons (Fsp3) is 0.182. The Bertz CT molecular complexity index is 1200. The summed E-state index contributed by atoms with van der Waals surface area (Å²) in [6.07, 6.45) is 5.59. The molecule has 3 aromatic rings. The molecule has 2 aromatic heterocycles. The number of thiophene rings is 1. The van der Waals surface area contributed by atoms with Crippen LogP contribution in [-0.4, -0.2) is 28.4 Å². The van der Waals surface area contributed by atoms with Gasteiger partial charge in [-0.25, -0.2) is 14.6 Å². The molecule has 0 amide bonds. The van der Waals surface area contributed by atoms with E-state index < -0.39 is 11.9 Å². The highest BCUT2D eigenvalue weighted by atomic mass is 32.1. The van der Waals surface area contributed by atoms with Crippen molar-refractivity contribution in [2.75, 3.05) is 0 Å². The molecule has 30 heavy (non-hydrogen) atoms. The van der Waals surface area contributed by atoms with Crippen LogP contribution < -0.4 is 0 Å². The number of carboxylic acids is 2. The van der Waals surface area contributed by atoms with Crippen LogP contribution in [0.2, 0.25) is 0 Å². The van der Waals surface area contributed by atoms with Crippen LogP contribution in [0, 0.1) is 11.3 Å². The molecule has 0 bridgehead atoms. The Hall–Kier alpha value is -3.70. The predicted octanol–water partition coefficient (Wildman–Crippen LogP) is 4.91. The van der Waals surface area contributed by atoms with Crippen LogP contribution in [0.3, 0.4) is 0 Å². The van der Waals surface area contributed by atoms with E-state index in [1.807, 2.05) is 0 Å². The molecule has 0 aliphatic heterocycles. The minimum absolute atomic E-state index is 0.139. The summed E-state index contributed by atoms with van der Waals surface area (Å²) < 4.78 is 5.72. The molecular formula is C22H16N2O5S. The van der Waals surface area contributed by atoms with Crippen LogP contribution in [0.15, 0.2) is 39.7 Å². The van der Waals surface area contributed by atoms with Gasteiger partial charge in [-0.05, 0) is 61.6 Å². The van der Waals surface area contributed by atoms with E-state index in [9.17, 15) is 25.1 Å². The van der Waals surface area contributed by atoms with Crippen LogP contribution in [0.1, 0.15) is 55.3 Å². The van der Waals surface area contributed by atoms with E-state index >= 15 is 0 Å². The van der Waals surface area contributed by atoms with Gasteiger partial charge in [0.1, 0.15) is 22.6 Å². The molecule has 1 aliphatic rings. The molecule has 1 aliphatic carbocycles. The van der Waals surface area contributed by atoms with E-state index in [1.165, 1.54) is 34.6 Å². The maximum Gasteiger partial charge on any atom is 0.335 e. The van der Waals surface area contributed by atoms with E-state index in [2.05, 4.69) is 11.1 Å². The Balaban J connectivity index is 1.65. The van der Waals surface area contributed by atoms with Crippen molar-refractivity contribution in [1.82, 2.24) is 0 Å². The standard InChI is InChI=1S/C22H16N2O5S/c23-10-17-16-3-1-2-4-19(16)30-20(17)24-11-15-5-6-18(29-15)12-7-13(21(25)26)9-14(8-12)22(27)28/h5-9,11H,1-4H2,(H,25,26)(H,27,28). The molecule has 0 saturated carbocycles. The van der Waals surface area contributed by atoms with Crippen LogP contribution in [0.4, 0.5) is 5.00 Å². The molecule has 0 fully saturated rings. The number of aromatic carboxylic acids is 2. The van der Waals surface area contributed by atoms with Gasteiger partial charge in [-0.1, -0.05) is 0 Å². The van der Waals surface area contributed by atoms with Gasteiger partial charge in [0.25, 0.3) is 0 Å². The molecule has 0 radical (unpaired) electrons. The van der Waals surface area contributed by atoms with Crippen molar-refractivity contribution in [2.45, 2.75) is 25.7 Å². The third kappa shape index (κ3) is 3.75. The quantitative estimate of drug-likeness (QED) is 0.566. The number of carboxylic acid groups (broad SMARTS) is 2. The van der Waals surface area contributed by atoms with E-state index in [0.29, 0.717) is 27.6 Å². The zero-order valence-corrected chi connectivity index (χ0v) is 16.5. The summed E-state index contributed by atoms with van der Waals surface area (Å²) in [4.78, 5) is 28.3. The highest BCUT2D eigenvalue weighted by Crippen LogP contribution is 2.39. The second kappa shape index (κ2) is 7.97. The number of rotatable bonds is 5. The molecule has 8 heteroatoms. The lowest BCUT2D eigenvalue weighted by Gasteiger charge is -2.09. The summed E-state index contributed by atoms with van der Waals surface area (Å²) >= 11 is 1.53. The second-order valence-corrected chi connectivity index (χ2v) is 7.96. The topological polar surface area (TPSA) is 124 Å². The van der Waals surface area contributed by atoms with Crippen molar-refractivity contribution in [2.24, 2.45) is 4.99 Å². The van der Waals surface area contributed by atoms with E-state index in [4.69, 9.17) is 4.42 Å². The second-order valence-electron chi connectivity index (χ2n) is 6.87. The molecule has 0 spiro atoms. The summed E-state index contributed by atoms with van der Waals surface area (Å²) in [5, 5.41) is 28.6. The summed E-state index contributed by atoms with van der Waals surface area (Å²) in [6.45, 7) is 0. The Kier molecular flexibility index (Phi) is 5.21. The molecule has 0 saturated heterocycles. The van der Waals surface area contributed by atoms with Gasteiger partial charge in [-0.3, -0.25) is 0 Å². The Morgan fingerprint density at radius 3 is 2.47 bits per heavy atom. The van der Waals surface area contributed by atoms with Gasteiger partial charge >= 0.3 is 11.9 Å². The van der Waals surface area contributed by atoms with Gasteiger partial charge in [0.15, 0.2) is 0 Å². The molecule has 0 unspecified atom stereocenters. The Morgan fingerprint density at radius 2 is 1.80 bits per heavy atom. The van der Waals surface area contributed by atoms with Crippen LogP contribution >= 0.6 is 11.3 Å². The third-order valence-electron chi connectivity index (χ3n) is 4.91. The molecule has 2 N–H and O–H groups in total. The number of fused-ring (bicyclic) bond motifs is 1. The average molecular weight is 420 g/mol. The van der Waals surface area contributed by atoms with Crippen molar-refractivity contribution in [3.05, 3.63) is 63.2 Å². The lowest BCUT2D eigenvalue weighted by Crippen LogP contribution is -2.02. The summed E-state index contributed by atoms with van der Waals surface area (Å²) in [7, 11) is 0. The number of nitriles is 1. The van der Waals surface area contributed by atoms with Crippen LogP contribution in [0.25, 0.3) is 11.3 Å². The number of nitrogens with zero attached hydrogens (tertiary/aromatic N) is 2. The van der Waals surface area contributed by atoms with Crippen molar-refractivity contribution in [3.63, 3.8) is 0 Å². The Morgan fingerprint density at radius 1 is 1.10 bits per heavy atom. The molecule has 2 heterocycles. The number of furan rings is 1. The number of hydrogen-bond donors (Lipinski definition) is 2. The minimum Gasteiger partial charge on any atom is -0.478 e. The first-order valence-electron chi connectivity index (χ1n) is 9.27. The zero-order chi connectivity index (χ0) is 21.3. The average Bonchev–Trinajstić information content (AvgIpc) is 3.35. The minimum atomic E-state index is -1.22. The molecular weight excluding hydrogens is 404 g/mol. The first kappa shape index (κ1) is 19.6. The molecule has 1 aromatic carbocycles. The first-order valence-corrected chi connectivity index (χ1v) is 10.1. The maximum absolute atomic E-state index is 11.3. The van der Waals surface area contributed by atoms with Gasteiger partial charge < -0.3 is 14.6 Å². The SMILES string of the molecule is N#Cc1c(N=Cc2ccc(-c3cc(C(=O)O)cc(C(=O)O)c3)o2)sc2c1CCCC2. The fourth-order valence-corrected chi connectivity index (χ4v) is 4.66. The largest absolute Gasteiger partial charge is 0.478 e. The number of hydrogen-bond acceptors (Lipinski definition) is 6. The number of aryl methyl sites for hydroxylation is 1. The molecule has 0 atom stereocenters. The van der Waals surface area contributed by atoms with Gasteiger partial charge in [0, 0.05) is 10.4 Å². The highest BCUT2D eigenvalue weighted by Gasteiger charge is 2.20. The number of carbonyl (C=O) groups is 2. The molecule has 150 valence electrons. The number of aliphatic imine (C=N–C) groups is 1. The monoisotopic (exact) mass is 420 g/mol. The molecule has 7 nitrogen and oxygen atoms in total. The third-order valence-corrected chi connectivity index (χ3v) is 6.11. The first-order chi connectivity index (χ1) is 14.5. The van der Waals surface area contributed by atoms with E-state index in [-0.39, 0.29) is 11.1 Å². The van der Waals surface area contributed by atoms with Crippen LogP contribution in [-0.2, 0) is 12.8 Å². The van der Waals surface area contributed by atoms with Crippen molar-refractivity contribution in [1.29, 1.82) is 5.26 Å². The molecule has 4 rings (SSSR count). The summed E-state index contributed by atoms with van der Waals surface area (Å²) in [5.74, 6) is -1.71. The van der Waals surface area contributed by atoms with Gasteiger partial charge in [-0.15, -0.1) is 11.3 Å². The smallest absolute Gasteiger partial charge is 0.335 e. The lowest BCUT2D eigenvalue weighted by atomic mass is 9.96. The van der Waals surface area contributed by atoms with Crippen molar-refractivity contribution < 1.29 is 24.2 Å². The highest BCUT2D eigenvalue weighted by molar-refractivity contribution is 7.16. The number of benzene rings is 1. The van der Waals surface area contributed by atoms with E-state index in [0.717, 1.165) is 37.3 Å². The normalized spacial score (nSPS) is 13.2. The fourth-order valence-electron chi connectivity index (χ4n) is 3.47. The zero-order valence-electron chi connectivity index (χ0n) is 15.7. The summed E-state index contributed by atoms with van der Waals surface area (Å²) in [6, 6.07) is 9.35. The van der Waals surface area contributed by atoms with Crippen molar-refractivity contribution >= 4 is 34.5 Å². The lowest BCUT2D eigenvalue weighted by molar-refractivity contribution is 0.0696. The van der Waals surface area contributed by atoms with E-state index in [1.54, 1.807) is 12.1 Å². The maximum atomic E-state index is 11.3. The van der Waals surface area contributed by atoms with Crippen molar-refractivity contribution in [3.8, 4) is 17.4 Å². The summed E-state index contributed by atoms with van der Waals surface area (Å²) in [5.41, 5.74) is 1.79. The van der Waals surface area contributed by atoms with Gasteiger partial charge in [0.05, 0.1) is 22.9 Å².